The van der Waals surface area contributed by atoms with E-state index in [-0.39, 0.29) is 12.0 Å². The highest BCUT2D eigenvalue weighted by Crippen LogP contribution is 2.50. The molecule has 7 nitrogen and oxygen atoms in total. The number of aliphatic hydroxyl groups excluding tert-OH is 1. The lowest BCUT2D eigenvalue weighted by Gasteiger charge is -2.23. The van der Waals surface area contributed by atoms with E-state index < -0.39 is 24.0 Å². The Morgan fingerprint density at radius 1 is 1.00 bits per heavy atom. The molecule has 0 aromatic heterocycles. The smallest absolute Gasteiger partial charge is 0.310 e. The molecule has 1 aliphatic heterocycles. The van der Waals surface area contributed by atoms with Gasteiger partial charge < -0.3 is 19.7 Å². The van der Waals surface area contributed by atoms with E-state index in [1.165, 1.54) is 4.90 Å². The van der Waals surface area contributed by atoms with Crippen LogP contribution in [-0.4, -0.2) is 34.8 Å². The van der Waals surface area contributed by atoms with Gasteiger partial charge in [0.1, 0.15) is 11.5 Å². The molecule has 0 saturated heterocycles. The van der Waals surface area contributed by atoms with Crippen LogP contribution in [0.25, 0.3) is 10.8 Å². The maximum atomic E-state index is 13.9. The zero-order chi connectivity index (χ0) is 26.1. The Bertz CT molecular complexity index is 1280. The van der Waals surface area contributed by atoms with Gasteiger partial charge in [-0.3, -0.25) is 14.5 Å². The van der Waals surface area contributed by atoms with Gasteiger partial charge in [0.2, 0.25) is 0 Å². The van der Waals surface area contributed by atoms with Gasteiger partial charge in [0.05, 0.1) is 29.8 Å². The van der Waals surface area contributed by atoms with Gasteiger partial charge in [-0.25, -0.2) is 0 Å². The number of amides is 1. The first-order valence-electron chi connectivity index (χ1n) is 12.4. The van der Waals surface area contributed by atoms with E-state index >= 15 is 0 Å². The molecule has 1 aliphatic rings. The molecule has 3 aromatic carbocycles. The maximum absolute atomic E-state index is 13.9. The first-order valence-corrected chi connectivity index (χ1v) is 12.4. The molecule has 2 N–H and O–H groups in total. The average Bonchev–Trinajstić information content (AvgIpc) is 3.09. The molecule has 0 bridgehead atoms. The van der Waals surface area contributed by atoms with Crippen LogP contribution >= 0.6 is 0 Å². The minimum absolute atomic E-state index is 0.183. The summed E-state index contributed by atoms with van der Waals surface area (Å²) in [6.45, 7) is 10.1. The summed E-state index contributed by atoms with van der Waals surface area (Å²) in [4.78, 5) is 26.8. The fourth-order valence-electron chi connectivity index (χ4n) is 4.66. The van der Waals surface area contributed by atoms with Crippen molar-refractivity contribution in [3.63, 3.8) is 0 Å². The molecule has 0 saturated carbocycles. The van der Waals surface area contributed by atoms with Crippen LogP contribution < -0.4 is 14.4 Å². The van der Waals surface area contributed by atoms with Crippen molar-refractivity contribution >= 4 is 28.3 Å². The van der Waals surface area contributed by atoms with Crippen LogP contribution in [0.3, 0.4) is 0 Å². The van der Waals surface area contributed by atoms with Gasteiger partial charge in [-0.2, -0.15) is 0 Å². The summed E-state index contributed by atoms with van der Waals surface area (Å²) in [5, 5.41) is 22.5. The third-order valence-corrected chi connectivity index (χ3v) is 6.29. The number of carboxylic acids is 1. The van der Waals surface area contributed by atoms with E-state index in [2.05, 4.69) is 0 Å². The first kappa shape index (κ1) is 25.5. The maximum Gasteiger partial charge on any atom is 0.310 e. The number of nitrogens with zero attached hydrogens (tertiary/aromatic N) is 1. The van der Waals surface area contributed by atoms with Gasteiger partial charge >= 0.3 is 5.97 Å². The van der Waals surface area contributed by atoms with E-state index in [0.29, 0.717) is 46.9 Å². The Hall–Kier alpha value is -3.58. The van der Waals surface area contributed by atoms with E-state index in [1.54, 1.807) is 24.3 Å². The fourth-order valence-corrected chi connectivity index (χ4v) is 4.66. The fraction of sp³-hybridized carbons (Fsp3) is 0.379. The number of hydrogen-bond donors (Lipinski definition) is 2. The van der Waals surface area contributed by atoms with E-state index in [9.17, 15) is 19.8 Å². The molecule has 36 heavy (non-hydrogen) atoms. The number of carbonyl (C=O) groups excluding carboxylic acids is 1. The number of ether oxygens (including phenoxy) is 2. The summed E-state index contributed by atoms with van der Waals surface area (Å²) in [7, 11) is 0. The third-order valence-electron chi connectivity index (χ3n) is 6.29. The number of rotatable bonds is 9. The molecule has 0 aliphatic carbocycles. The van der Waals surface area contributed by atoms with Gasteiger partial charge in [-0.15, -0.1) is 0 Å². The molecule has 2 unspecified atom stereocenters. The second kappa shape index (κ2) is 10.2. The lowest BCUT2D eigenvalue weighted by molar-refractivity contribution is -0.138. The summed E-state index contributed by atoms with van der Waals surface area (Å²) in [5.74, 6) is -0.799. The average molecular weight is 492 g/mol. The van der Waals surface area contributed by atoms with Crippen molar-refractivity contribution in [3.8, 4) is 11.5 Å². The number of anilines is 1. The lowest BCUT2D eigenvalue weighted by atomic mass is 9.96. The first-order chi connectivity index (χ1) is 17.1. The standard InChI is InChI=1S/C29H33NO6/c1-6-20(29(33)34)18-11-13-19(14-12-18)30-27(31)23-24(28(30)32)26(36-17(4)5)22-10-8-7-9-21(22)25(23)35-15-16(2)3/h7-14,16-17,20,28,32H,6,15H2,1-5H3,(H,33,34). The Labute approximate surface area is 211 Å². The lowest BCUT2D eigenvalue weighted by Crippen LogP contribution is -2.27. The van der Waals surface area contributed by atoms with Crippen molar-refractivity contribution < 1.29 is 29.3 Å². The van der Waals surface area contributed by atoms with E-state index in [1.807, 2.05) is 58.9 Å². The number of fused-ring (bicyclic) bond motifs is 2. The number of carboxylic acid groups (broad SMARTS) is 1. The van der Waals surface area contributed by atoms with Gasteiger partial charge in [0.25, 0.3) is 5.91 Å². The summed E-state index contributed by atoms with van der Waals surface area (Å²) in [6, 6.07) is 14.3. The second-order valence-electron chi connectivity index (χ2n) is 9.80. The highest BCUT2D eigenvalue weighted by atomic mass is 16.5. The number of aliphatic hydroxyl groups is 1. The largest absolute Gasteiger partial charge is 0.492 e. The Morgan fingerprint density at radius 3 is 2.14 bits per heavy atom. The third kappa shape index (κ3) is 4.51. The van der Waals surface area contributed by atoms with Crippen LogP contribution in [-0.2, 0) is 4.79 Å². The summed E-state index contributed by atoms with van der Waals surface area (Å²) >= 11 is 0. The topological polar surface area (TPSA) is 96.3 Å². The van der Waals surface area contributed by atoms with Gasteiger partial charge in [-0.1, -0.05) is 57.2 Å². The molecule has 190 valence electrons. The monoisotopic (exact) mass is 491 g/mol. The van der Waals surface area contributed by atoms with Crippen LogP contribution in [0.15, 0.2) is 48.5 Å². The summed E-state index contributed by atoms with van der Waals surface area (Å²) < 4.78 is 12.4. The van der Waals surface area contributed by atoms with Gasteiger partial charge in [-0.05, 0) is 43.9 Å². The minimum Gasteiger partial charge on any atom is -0.492 e. The van der Waals surface area contributed by atoms with Crippen molar-refractivity contribution in [1.82, 2.24) is 0 Å². The Morgan fingerprint density at radius 2 is 1.61 bits per heavy atom. The van der Waals surface area contributed by atoms with Crippen LogP contribution in [0, 0.1) is 5.92 Å². The van der Waals surface area contributed by atoms with Gasteiger partial charge in [0, 0.05) is 16.5 Å². The molecule has 7 heteroatoms. The van der Waals surface area contributed by atoms with Gasteiger partial charge in [0.15, 0.2) is 6.23 Å². The van der Waals surface area contributed by atoms with Crippen LogP contribution in [0.5, 0.6) is 11.5 Å². The highest BCUT2D eigenvalue weighted by molar-refractivity contribution is 6.17. The predicted molar refractivity (Wildman–Crippen MR) is 139 cm³/mol. The zero-order valence-electron chi connectivity index (χ0n) is 21.3. The van der Waals surface area contributed by atoms with Crippen LogP contribution in [0.2, 0.25) is 0 Å². The van der Waals surface area contributed by atoms with Crippen molar-refractivity contribution in [2.24, 2.45) is 5.92 Å². The molecular formula is C29H33NO6. The number of benzene rings is 3. The van der Waals surface area contributed by atoms with E-state index in [0.717, 1.165) is 10.8 Å². The van der Waals surface area contributed by atoms with Crippen molar-refractivity contribution in [3.05, 3.63) is 65.2 Å². The number of carbonyl (C=O) groups is 2. The predicted octanol–water partition coefficient (Wildman–Crippen LogP) is 5.89. The molecule has 1 heterocycles. The van der Waals surface area contributed by atoms with Crippen LogP contribution in [0.4, 0.5) is 5.69 Å². The molecule has 0 fully saturated rings. The molecule has 0 spiro atoms. The summed E-state index contributed by atoms with van der Waals surface area (Å²) in [6.07, 6.45) is -1.03. The normalized spacial score (nSPS) is 16.1. The highest BCUT2D eigenvalue weighted by Gasteiger charge is 2.43. The number of hydrogen-bond acceptors (Lipinski definition) is 5. The quantitative estimate of drug-likeness (QED) is 0.387. The SMILES string of the molecule is CCC(C(=O)O)c1ccc(N2C(=O)c3c(c(OC(C)C)c4ccccc4c3OCC(C)C)C2O)cc1. The zero-order valence-corrected chi connectivity index (χ0v) is 21.3. The van der Waals surface area contributed by atoms with Crippen LogP contribution in [0.1, 0.15) is 74.7 Å². The minimum atomic E-state index is -1.29. The van der Waals surface area contributed by atoms with Crippen molar-refractivity contribution in [2.45, 2.75) is 59.3 Å². The Balaban J connectivity index is 1.88. The molecule has 1 amide bonds. The van der Waals surface area contributed by atoms with Crippen molar-refractivity contribution in [1.29, 1.82) is 0 Å². The van der Waals surface area contributed by atoms with E-state index in [4.69, 9.17) is 9.47 Å². The molecule has 2 atom stereocenters. The molecular weight excluding hydrogens is 458 g/mol. The molecule has 3 aromatic rings. The number of aliphatic carboxylic acids is 1. The molecule has 0 radical (unpaired) electrons. The summed E-state index contributed by atoms with van der Waals surface area (Å²) in [5.41, 5.74) is 1.77. The van der Waals surface area contributed by atoms with Crippen molar-refractivity contribution in [2.75, 3.05) is 11.5 Å². The molecule has 4 rings (SSSR count). The Kier molecular flexibility index (Phi) is 7.22. The second-order valence-corrected chi connectivity index (χ2v) is 9.80.